The molecule has 0 saturated carbocycles. The lowest BCUT2D eigenvalue weighted by Gasteiger charge is -2.35. The highest BCUT2D eigenvalue weighted by Crippen LogP contribution is 2.31. The Morgan fingerprint density at radius 2 is 1.80 bits per heavy atom. The van der Waals surface area contributed by atoms with Gasteiger partial charge in [0.25, 0.3) is 23.6 Å². The minimum Gasteiger partial charge on any atom is -0.494 e. The zero-order valence-corrected chi connectivity index (χ0v) is 24.3. The van der Waals surface area contributed by atoms with Crippen molar-refractivity contribution in [2.45, 2.75) is 24.8 Å². The fourth-order valence-corrected chi connectivity index (χ4v) is 5.48. The molecule has 3 aliphatic heterocycles. The predicted molar refractivity (Wildman–Crippen MR) is 154 cm³/mol. The summed E-state index contributed by atoms with van der Waals surface area (Å²) >= 11 is 0. The molecule has 1 aromatic heterocycles. The summed E-state index contributed by atoms with van der Waals surface area (Å²) in [6.07, 6.45) is 3.72. The molecule has 236 valence electrons. The number of piperazine rings is 1. The highest BCUT2D eigenvalue weighted by Gasteiger charge is 2.47. The smallest absolute Gasteiger partial charge is 0.268 e. The summed E-state index contributed by atoms with van der Waals surface area (Å²) in [5.41, 5.74) is 0.746. The van der Waals surface area contributed by atoms with E-state index in [2.05, 4.69) is 15.2 Å². The normalized spacial score (nSPS) is 19.7. The van der Waals surface area contributed by atoms with E-state index in [0.29, 0.717) is 55.9 Å². The van der Waals surface area contributed by atoms with Crippen LogP contribution >= 0.6 is 0 Å². The Bertz CT molecular complexity index is 1570. The van der Waals surface area contributed by atoms with Crippen LogP contribution in [0.25, 0.3) is 10.9 Å². The van der Waals surface area contributed by atoms with Gasteiger partial charge in [-0.25, -0.2) is 8.78 Å². The number of amides is 5. The number of hydrogen-bond acceptors (Lipinski definition) is 9. The molecule has 45 heavy (non-hydrogen) atoms. The first-order chi connectivity index (χ1) is 21.5. The maximum atomic E-state index is 13.7. The third-order valence-electron chi connectivity index (χ3n) is 7.90. The first kappa shape index (κ1) is 31.5. The van der Waals surface area contributed by atoms with Crippen molar-refractivity contribution in [2.24, 2.45) is 0 Å². The Labute approximate surface area is 257 Å². The summed E-state index contributed by atoms with van der Waals surface area (Å²) in [5, 5.41) is 12.1. The van der Waals surface area contributed by atoms with Crippen LogP contribution in [0, 0.1) is 11.3 Å². The van der Waals surface area contributed by atoms with Gasteiger partial charge < -0.3 is 19.9 Å². The summed E-state index contributed by atoms with van der Waals surface area (Å²) in [6.45, 7) is 1.71. The average Bonchev–Trinajstić information content (AvgIpc) is 3.53. The number of imide groups is 1. The van der Waals surface area contributed by atoms with Crippen molar-refractivity contribution < 1.29 is 37.5 Å². The van der Waals surface area contributed by atoms with Gasteiger partial charge in [0.15, 0.2) is 0 Å². The predicted octanol–water partition coefficient (Wildman–Crippen LogP) is 0.562. The number of fused-ring (bicyclic) bond motifs is 1. The van der Waals surface area contributed by atoms with E-state index < -0.39 is 55.1 Å². The van der Waals surface area contributed by atoms with Crippen LogP contribution in [0.2, 0.25) is 0 Å². The van der Waals surface area contributed by atoms with Gasteiger partial charge in [0.05, 0.1) is 36.8 Å². The van der Waals surface area contributed by atoms with Gasteiger partial charge in [-0.3, -0.25) is 38.8 Å². The molecular weight excluding hydrogens is 592 g/mol. The van der Waals surface area contributed by atoms with E-state index in [-0.39, 0.29) is 18.0 Å². The van der Waals surface area contributed by atoms with E-state index in [4.69, 9.17) is 10.00 Å². The fraction of sp³-hybridized carbons (Fsp3) is 0.433. The molecule has 2 aromatic rings. The molecule has 5 rings (SSSR count). The van der Waals surface area contributed by atoms with Crippen LogP contribution in [0.3, 0.4) is 0 Å². The van der Waals surface area contributed by atoms with Crippen LogP contribution in [0.15, 0.2) is 42.6 Å². The van der Waals surface area contributed by atoms with Crippen LogP contribution in [-0.2, 0) is 19.2 Å². The van der Waals surface area contributed by atoms with Crippen molar-refractivity contribution in [3.63, 3.8) is 0 Å². The largest absolute Gasteiger partial charge is 0.494 e. The molecule has 1 atom stereocenters. The molecule has 0 bridgehead atoms. The van der Waals surface area contributed by atoms with Crippen LogP contribution < -0.4 is 10.1 Å². The molecule has 1 aromatic carbocycles. The molecule has 0 aliphatic carbocycles. The number of nitriles is 1. The van der Waals surface area contributed by atoms with E-state index in [9.17, 15) is 32.8 Å². The number of ether oxygens (including phenoxy) is 1. The third kappa shape index (κ3) is 7.40. The monoisotopic (exact) mass is 623 g/mol. The number of pyridine rings is 1. The summed E-state index contributed by atoms with van der Waals surface area (Å²) in [7, 11) is 0. The zero-order valence-electron chi connectivity index (χ0n) is 24.3. The van der Waals surface area contributed by atoms with Gasteiger partial charge in [0, 0.05) is 62.9 Å². The van der Waals surface area contributed by atoms with Crippen molar-refractivity contribution in [3.8, 4) is 11.8 Å². The van der Waals surface area contributed by atoms with E-state index in [0.717, 1.165) is 28.5 Å². The van der Waals surface area contributed by atoms with Gasteiger partial charge in [0.1, 0.15) is 18.3 Å². The van der Waals surface area contributed by atoms with Crippen LogP contribution in [0.5, 0.6) is 5.75 Å². The molecular formula is C30H31F2N7O6. The van der Waals surface area contributed by atoms with Crippen LogP contribution in [0.1, 0.15) is 23.2 Å². The van der Waals surface area contributed by atoms with Crippen LogP contribution in [-0.4, -0.2) is 125 Å². The molecule has 3 aliphatic rings. The van der Waals surface area contributed by atoms with E-state index in [1.807, 2.05) is 0 Å². The summed E-state index contributed by atoms with van der Waals surface area (Å²) in [4.78, 5) is 71.2. The minimum absolute atomic E-state index is 0.226. The lowest BCUT2D eigenvalue weighted by molar-refractivity contribution is -0.145. The van der Waals surface area contributed by atoms with E-state index in [1.54, 1.807) is 29.2 Å². The fourth-order valence-electron chi connectivity index (χ4n) is 5.48. The van der Waals surface area contributed by atoms with Gasteiger partial charge in [-0.2, -0.15) is 5.26 Å². The Morgan fingerprint density at radius 1 is 1.07 bits per heavy atom. The van der Waals surface area contributed by atoms with Crippen LogP contribution in [0.4, 0.5) is 8.78 Å². The van der Waals surface area contributed by atoms with Gasteiger partial charge in [-0.15, -0.1) is 0 Å². The molecule has 1 N–H and O–H groups in total. The van der Waals surface area contributed by atoms with Crippen molar-refractivity contribution >= 4 is 40.4 Å². The topological polar surface area (TPSA) is 156 Å². The van der Waals surface area contributed by atoms with Crippen molar-refractivity contribution in [3.05, 3.63) is 48.2 Å². The number of rotatable bonds is 10. The second-order valence-corrected chi connectivity index (χ2v) is 11.0. The molecule has 13 nitrogen and oxygen atoms in total. The maximum absolute atomic E-state index is 13.7. The summed E-state index contributed by atoms with van der Waals surface area (Å²) < 4.78 is 33.3. The first-order valence-corrected chi connectivity index (χ1v) is 14.4. The molecule has 0 radical (unpaired) electrons. The van der Waals surface area contributed by atoms with Crippen molar-refractivity contribution in [1.82, 2.24) is 29.9 Å². The number of carbonyl (C=O) groups excluding carboxylic acids is 5. The Balaban J connectivity index is 1.08. The lowest BCUT2D eigenvalue weighted by Crippen LogP contribution is -2.52. The number of hydrogen-bond donors (Lipinski definition) is 1. The molecule has 15 heteroatoms. The quantitative estimate of drug-likeness (QED) is 0.295. The average molecular weight is 624 g/mol. The third-order valence-corrected chi connectivity index (χ3v) is 7.90. The number of halogens is 2. The summed E-state index contributed by atoms with van der Waals surface area (Å²) in [6, 6.07) is 7.04. The minimum atomic E-state index is -3.15. The molecule has 5 amide bonds. The lowest BCUT2D eigenvalue weighted by atomic mass is 10.1. The molecule has 2 saturated heterocycles. The molecule has 0 spiro atoms. The number of nitrogens with zero attached hydrogens (tertiary/aromatic N) is 6. The Hall–Kier alpha value is -4.97. The molecule has 0 unspecified atom stereocenters. The van der Waals surface area contributed by atoms with Gasteiger partial charge >= 0.3 is 0 Å². The van der Waals surface area contributed by atoms with Gasteiger partial charge in [-0.05, 0) is 30.7 Å². The zero-order chi connectivity index (χ0) is 32.1. The number of benzene rings is 1. The second kappa shape index (κ2) is 13.3. The molecule has 2 fully saturated rings. The number of alkyl halides is 2. The Kier molecular flexibility index (Phi) is 9.33. The Morgan fingerprint density at radius 3 is 2.51 bits per heavy atom. The maximum Gasteiger partial charge on any atom is 0.268 e. The summed E-state index contributed by atoms with van der Waals surface area (Å²) in [5.74, 6) is -5.23. The highest BCUT2D eigenvalue weighted by atomic mass is 19.3. The number of nitrogens with one attached hydrogen (secondary N) is 1. The second-order valence-electron chi connectivity index (χ2n) is 11.0. The SMILES string of the molecule is N#C[C@H]1CC(F)(F)CN1C(=O)CNC(=O)c1ccnc2ccc(OCCCN3CCN(C(=O)CN4C(=O)C=CC4=O)CC3)cc12. The highest BCUT2D eigenvalue weighted by molar-refractivity contribution is 6.14. The van der Waals surface area contributed by atoms with Crippen molar-refractivity contribution in [2.75, 3.05) is 59.0 Å². The standard InChI is InChI=1S/C30H31F2N7O6/c31-30(32)15-20(16-33)39(19-30)27(42)17-35-29(44)22-6-7-34-24-3-2-21(14-23(22)24)45-13-1-8-36-9-11-37(12-10-36)28(43)18-38-25(40)4-5-26(38)41/h2-7,14,20H,1,8-13,15,17-19H2,(H,35,44)/t20-/m1/s1. The van der Waals surface area contributed by atoms with E-state index in [1.165, 1.54) is 12.3 Å². The number of likely N-dealkylation sites (tertiary alicyclic amines) is 1. The number of aromatic nitrogens is 1. The molecule has 4 heterocycles. The van der Waals surface area contributed by atoms with E-state index >= 15 is 0 Å². The number of carbonyl (C=O) groups is 5. The van der Waals surface area contributed by atoms with Gasteiger partial charge in [-0.1, -0.05) is 0 Å². The first-order valence-electron chi connectivity index (χ1n) is 14.4. The van der Waals surface area contributed by atoms with Gasteiger partial charge in [0.2, 0.25) is 11.8 Å². The van der Waals surface area contributed by atoms with Crippen molar-refractivity contribution in [1.29, 1.82) is 5.26 Å².